The van der Waals surface area contributed by atoms with Crippen molar-refractivity contribution in [2.45, 2.75) is 48.0 Å². The van der Waals surface area contributed by atoms with Crippen molar-refractivity contribution in [1.29, 1.82) is 0 Å². The first-order chi connectivity index (χ1) is 6.50. The zero-order valence-corrected chi connectivity index (χ0v) is 11.6. The summed E-state index contributed by atoms with van der Waals surface area (Å²) in [6, 6.07) is 0. The van der Waals surface area contributed by atoms with Gasteiger partial charge >= 0.3 is 0 Å². The van der Waals surface area contributed by atoms with E-state index in [0.29, 0.717) is 5.92 Å². The summed E-state index contributed by atoms with van der Waals surface area (Å²) in [5, 5.41) is 0. The minimum atomic E-state index is -0.267. The van der Waals surface area contributed by atoms with Gasteiger partial charge in [0.15, 0.2) is 0 Å². The molecule has 0 rings (SSSR count). The summed E-state index contributed by atoms with van der Waals surface area (Å²) in [4.78, 5) is 13.7. The molecule has 0 aliphatic heterocycles. The molecular formula is C13H27NO. The van der Waals surface area contributed by atoms with Crippen LogP contribution < -0.4 is 0 Å². The van der Waals surface area contributed by atoms with Crippen LogP contribution in [0.3, 0.4) is 0 Å². The second-order valence-electron chi connectivity index (χ2n) is 6.40. The second kappa shape index (κ2) is 4.54. The third kappa shape index (κ3) is 3.84. The fraction of sp³-hybridized carbons (Fsp3) is 0.923. The molecule has 0 bridgehead atoms. The van der Waals surface area contributed by atoms with Crippen LogP contribution in [-0.4, -0.2) is 24.9 Å². The van der Waals surface area contributed by atoms with Gasteiger partial charge in [0, 0.05) is 19.5 Å². The zero-order valence-electron chi connectivity index (χ0n) is 11.6. The van der Waals surface area contributed by atoms with E-state index < -0.39 is 0 Å². The average Bonchev–Trinajstić information content (AvgIpc) is 2.00. The molecule has 0 aliphatic carbocycles. The van der Waals surface area contributed by atoms with Crippen molar-refractivity contribution in [2.75, 3.05) is 14.1 Å². The lowest BCUT2D eigenvalue weighted by Crippen LogP contribution is -2.40. The van der Waals surface area contributed by atoms with E-state index in [9.17, 15) is 4.79 Å². The maximum absolute atomic E-state index is 12.0. The molecule has 0 radical (unpaired) electrons. The van der Waals surface area contributed by atoms with Crippen LogP contribution in [0, 0.1) is 16.7 Å². The third-order valence-electron chi connectivity index (χ3n) is 3.45. The molecular weight excluding hydrogens is 186 g/mol. The molecule has 90 valence electrons. The first kappa shape index (κ1) is 14.5. The van der Waals surface area contributed by atoms with Crippen molar-refractivity contribution in [3.05, 3.63) is 0 Å². The number of amides is 1. The molecule has 1 amide bonds. The largest absolute Gasteiger partial charge is 0.348 e. The van der Waals surface area contributed by atoms with E-state index in [-0.39, 0.29) is 16.7 Å². The summed E-state index contributed by atoms with van der Waals surface area (Å²) in [5.74, 6) is 0.808. The van der Waals surface area contributed by atoms with E-state index in [1.54, 1.807) is 4.90 Å². The number of hydrogen-bond acceptors (Lipinski definition) is 1. The molecule has 0 saturated heterocycles. The summed E-state index contributed by atoms with van der Waals surface area (Å²) in [6.45, 7) is 13.0. The van der Waals surface area contributed by atoms with E-state index in [0.717, 1.165) is 6.42 Å². The Morgan fingerprint density at radius 1 is 1.13 bits per heavy atom. The maximum Gasteiger partial charge on any atom is 0.227 e. The Morgan fingerprint density at radius 3 is 1.80 bits per heavy atom. The van der Waals surface area contributed by atoms with E-state index in [1.807, 2.05) is 27.9 Å². The summed E-state index contributed by atoms with van der Waals surface area (Å²) >= 11 is 0. The molecule has 0 aliphatic rings. The Kier molecular flexibility index (Phi) is 4.38. The molecule has 15 heavy (non-hydrogen) atoms. The fourth-order valence-corrected chi connectivity index (χ4v) is 2.02. The molecule has 0 spiro atoms. The predicted octanol–water partition coefficient (Wildman–Crippen LogP) is 3.17. The number of carbonyl (C=O) groups excluding carboxylic acids is 1. The molecule has 0 fully saturated rings. The van der Waals surface area contributed by atoms with Gasteiger partial charge in [0.05, 0.1) is 0 Å². The summed E-state index contributed by atoms with van der Waals surface area (Å²) in [6.07, 6.45) is 0.925. The Hall–Kier alpha value is -0.530. The van der Waals surface area contributed by atoms with E-state index in [4.69, 9.17) is 0 Å². The fourth-order valence-electron chi connectivity index (χ4n) is 2.02. The number of carbonyl (C=O) groups is 1. The van der Waals surface area contributed by atoms with Gasteiger partial charge in [-0.1, -0.05) is 41.5 Å². The highest BCUT2D eigenvalue weighted by Gasteiger charge is 2.36. The Bertz CT molecular complexity index is 227. The lowest BCUT2D eigenvalue weighted by atomic mass is 9.69. The molecule has 0 N–H and O–H groups in total. The normalized spacial score (nSPS) is 13.1. The van der Waals surface area contributed by atoms with Crippen molar-refractivity contribution < 1.29 is 4.79 Å². The van der Waals surface area contributed by atoms with Crippen molar-refractivity contribution in [3.63, 3.8) is 0 Å². The third-order valence-corrected chi connectivity index (χ3v) is 3.45. The van der Waals surface area contributed by atoms with Gasteiger partial charge in [0.1, 0.15) is 0 Å². The number of rotatable bonds is 4. The van der Waals surface area contributed by atoms with Gasteiger partial charge < -0.3 is 4.90 Å². The van der Waals surface area contributed by atoms with E-state index >= 15 is 0 Å². The highest BCUT2D eigenvalue weighted by molar-refractivity contribution is 5.81. The lowest BCUT2D eigenvalue weighted by molar-refractivity contribution is -0.139. The van der Waals surface area contributed by atoms with Gasteiger partial charge in [-0.25, -0.2) is 0 Å². The van der Waals surface area contributed by atoms with Crippen LogP contribution in [0.5, 0.6) is 0 Å². The monoisotopic (exact) mass is 213 g/mol. The highest BCUT2D eigenvalue weighted by atomic mass is 16.2. The minimum Gasteiger partial charge on any atom is -0.348 e. The molecule has 0 unspecified atom stereocenters. The number of nitrogens with zero attached hydrogens (tertiary/aromatic N) is 1. The maximum atomic E-state index is 12.0. The van der Waals surface area contributed by atoms with Crippen LogP contribution in [0.1, 0.15) is 48.0 Å². The van der Waals surface area contributed by atoms with Crippen LogP contribution in [0.4, 0.5) is 0 Å². The average molecular weight is 213 g/mol. The molecule has 0 aromatic carbocycles. The van der Waals surface area contributed by atoms with Gasteiger partial charge in [-0.2, -0.15) is 0 Å². The van der Waals surface area contributed by atoms with Crippen molar-refractivity contribution >= 4 is 5.91 Å². The minimum absolute atomic E-state index is 0.204. The van der Waals surface area contributed by atoms with Gasteiger partial charge in [0.2, 0.25) is 5.91 Å². The molecule has 0 atom stereocenters. The van der Waals surface area contributed by atoms with Crippen molar-refractivity contribution in [2.24, 2.45) is 16.7 Å². The Balaban J connectivity index is 4.71. The highest BCUT2D eigenvalue weighted by Crippen LogP contribution is 2.39. The van der Waals surface area contributed by atoms with Gasteiger partial charge in [-0.15, -0.1) is 0 Å². The van der Waals surface area contributed by atoms with Crippen LogP contribution in [0.15, 0.2) is 0 Å². The Labute approximate surface area is 95.0 Å². The van der Waals surface area contributed by atoms with Crippen LogP contribution in [0.2, 0.25) is 0 Å². The van der Waals surface area contributed by atoms with Gasteiger partial charge in [0.25, 0.3) is 0 Å². The quantitative estimate of drug-likeness (QED) is 0.702. The van der Waals surface area contributed by atoms with E-state index in [1.165, 1.54) is 0 Å². The topological polar surface area (TPSA) is 20.3 Å². The SMILES string of the molecule is CC(C)C(C)(C)CC(C)(C)C(=O)N(C)C. The zero-order chi connectivity index (χ0) is 12.4. The molecule has 0 aromatic rings. The summed E-state index contributed by atoms with van der Waals surface area (Å²) in [5.41, 5.74) is -0.0631. The number of hydrogen-bond donors (Lipinski definition) is 0. The predicted molar refractivity (Wildman–Crippen MR) is 65.7 cm³/mol. The smallest absolute Gasteiger partial charge is 0.227 e. The molecule has 0 heterocycles. The van der Waals surface area contributed by atoms with Crippen LogP contribution in [-0.2, 0) is 4.79 Å². The van der Waals surface area contributed by atoms with Gasteiger partial charge in [-0.3, -0.25) is 4.79 Å². The standard InChI is InChI=1S/C13H27NO/c1-10(2)12(3,4)9-13(5,6)11(15)14(7)8/h10H,9H2,1-8H3. The van der Waals surface area contributed by atoms with Crippen molar-refractivity contribution in [1.82, 2.24) is 4.90 Å². The molecule has 2 nitrogen and oxygen atoms in total. The lowest BCUT2D eigenvalue weighted by Gasteiger charge is -2.38. The molecule has 0 aromatic heterocycles. The first-order valence-electron chi connectivity index (χ1n) is 5.72. The van der Waals surface area contributed by atoms with E-state index in [2.05, 4.69) is 27.7 Å². The van der Waals surface area contributed by atoms with Gasteiger partial charge in [-0.05, 0) is 17.8 Å². The molecule has 0 saturated carbocycles. The summed E-state index contributed by atoms with van der Waals surface area (Å²) in [7, 11) is 3.65. The molecule has 2 heteroatoms. The van der Waals surface area contributed by atoms with Crippen LogP contribution >= 0.6 is 0 Å². The first-order valence-corrected chi connectivity index (χ1v) is 5.72. The van der Waals surface area contributed by atoms with Crippen molar-refractivity contribution in [3.8, 4) is 0 Å². The Morgan fingerprint density at radius 2 is 1.53 bits per heavy atom. The van der Waals surface area contributed by atoms with Crippen LogP contribution in [0.25, 0.3) is 0 Å². The second-order valence-corrected chi connectivity index (χ2v) is 6.40. The summed E-state index contributed by atoms with van der Waals surface area (Å²) < 4.78 is 0.